The zero-order chi connectivity index (χ0) is 14.3. The minimum Gasteiger partial charge on any atom is -0.458 e. The average Bonchev–Trinajstić information content (AvgIpc) is 3.12. The summed E-state index contributed by atoms with van der Waals surface area (Å²) < 4.78 is 20.3. The number of nitrogens with one attached hydrogen (secondary N) is 1. The second-order valence-electron chi connectivity index (χ2n) is 6.00. The fourth-order valence-electron chi connectivity index (χ4n) is 2.62. The number of fused-ring (bicyclic) bond motifs is 1. The second kappa shape index (κ2) is 5.49. The van der Waals surface area contributed by atoms with Crippen molar-refractivity contribution in [1.82, 2.24) is 5.32 Å². The fraction of sp³-hybridized carbons (Fsp3) is 0.500. The highest BCUT2D eigenvalue weighted by atomic mass is 79.9. The number of halogens is 2. The van der Waals surface area contributed by atoms with E-state index in [0.717, 1.165) is 23.3 Å². The Hall–Kier alpha value is -0.870. The zero-order valence-corrected chi connectivity index (χ0v) is 13.4. The third-order valence-electron chi connectivity index (χ3n) is 3.65. The highest BCUT2D eigenvalue weighted by molar-refractivity contribution is 9.10. The Morgan fingerprint density at radius 3 is 2.80 bits per heavy atom. The summed E-state index contributed by atoms with van der Waals surface area (Å²) in [6.45, 7) is 6.03. The van der Waals surface area contributed by atoms with Crippen molar-refractivity contribution >= 4 is 26.9 Å². The van der Waals surface area contributed by atoms with E-state index < -0.39 is 0 Å². The minimum absolute atomic E-state index is 0.214. The van der Waals surface area contributed by atoms with Crippen LogP contribution in [0.25, 0.3) is 11.0 Å². The first-order valence-corrected chi connectivity index (χ1v) is 7.96. The van der Waals surface area contributed by atoms with Crippen LogP contribution in [0.4, 0.5) is 4.39 Å². The van der Waals surface area contributed by atoms with E-state index >= 15 is 0 Å². The molecule has 1 fully saturated rings. The Labute approximate surface area is 126 Å². The van der Waals surface area contributed by atoms with Gasteiger partial charge in [0.25, 0.3) is 0 Å². The Balaban J connectivity index is 1.98. The summed E-state index contributed by atoms with van der Waals surface area (Å²) in [7, 11) is 0. The van der Waals surface area contributed by atoms with E-state index in [2.05, 4.69) is 35.1 Å². The summed E-state index contributed by atoms with van der Waals surface area (Å²) in [5.74, 6) is 1.90. The van der Waals surface area contributed by atoms with Gasteiger partial charge in [-0.2, -0.15) is 0 Å². The molecule has 1 N–H and O–H groups in total. The van der Waals surface area contributed by atoms with Crippen molar-refractivity contribution in [2.45, 2.75) is 39.2 Å². The minimum atomic E-state index is -0.214. The maximum Gasteiger partial charge on any atom is 0.149 e. The molecule has 2 aromatic rings. The lowest BCUT2D eigenvalue weighted by atomic mass is 10.1. The van der Waals surface area contributed by atoms with Crippen molar-refractivity contribution in [2.75, 3.05) is 6.54 Å². The van der Waals surface area contributed by atoms with Gasteiger partial charge in [0.15, 0.2) is 0 Å². The lowest BCUT2D eigenvalue weighted by molar-refractivity contribution is 0.480. The first kappa shape index (κ1) is 14.1. The van der Waals surface area contributed by atoms with Crippen LogP contribution in [-0.4, -0.2) is 6.54 Å². The van der Waals surface area contributed by atoms with E-state index in [1.807, 2.05) is 0 Å². The molecule has 0 unspecified atom stereocenters. The fourth-order valence-corrected chi connectivity index (χ4v) is 3.13. The van der Waals surface area contributed by atoms with Crippen molar-refractivity contribution in [2.24, 2.45) is 5.92 Å². The van der Waals surface area contributed by atoms with Crippen LogP contribution in [0.2, 0.25) is 0 Å². The molecule has 1 heterocycles. The Morgan fingerprint density at radius 2 is 2.15 bits per heavy atom. The normalized spacial score (nSPS) is 15.4. The molecule has 0 amide bonds. The van der Waals surface area contributed by atoms with Gasteiger partial charge in [-0.3, -0.25) is 0 Å². The highest BCUT2D eigenvalue weighted by Crippen LogP contribution is 2.47. The molecule has 2 nitrogen and oxygen atoms in total. The van der Waals surface area contributed by atoms with Crippen LogP contribution >= 0.6 is 15.9 Å². The van der Waals surface area contributed by atoms with Crippen LogP contribution in [0.3, 0.4) is 0 Å². The van der Waals surface area contributed by atoms with Gasteiger partial charge in [0, 0.05) is 10.9 Å². The van der Waals surface area contributed by atoms with Crippen LogP contribution in [0, 0.1) is 11.7 Å². The molecule has 1 aliphatic rings. The van der Waals surface area contributed by atoms with Gasteiger partial charge in [0.1, 0.15) is 17.2 Å². The maximum absolute atomic E-state index is 13.6. The summed E-state index contributed by atoms with van der Waals surface area (Å²) in [6.07, 6.45) is 2.36. The summed E-state index contributed by atoms with van der Waals surface area (Å²) >= 11 is 3.40. The molecule has 4 heteroatoms. The molecule has 0 spiro atoms. The number of benzene rings is 1. The molecule has 0 radical (unpaired) electrons. The van der Waals surface area contributed by atoms with Gasteiger partial charge in [-0.05, 0) is 59.3 Å². The van der Waals surface area contributed by atoms with Crippen LogP contribution in [-0.2, 0) is 6.54 Å². The largest absolute Gasteiger partial charge is 0.458 e. The van der Waals surface area contributed by atoms with E-state index in [-0.39, 0.29) is 5.82 Å². The number of hydrogen-bond donors (Lipinski definition) is 1. The molecular weight excluding hydrogens is 321 g/mol. The summed E-state index contributed by atoms with van der Waals surface area (Å²) in [6, 6.07) is 3.07. The van der Waals surface area contributed by atoms with Crippen LogP contribution in [0.5, 0.6) is 0 Å². The van der Waals surface area contributed by atoms with E-state index in [1.165, 1.54) is 24.5 Å². The Morgan fingerprint density at radius 1 is 1.40 bits per heavy atom. The molecule has 0 aliphatic heterocycles. The van der Waals surface area contributed by atoms with E-state index in [0.29, 0.717) is 22.9 Å². The van der Waals surface area contributed by atoms with Crippen molar-refractivity contribution in [3.8, 4) is 0 Å². The summed E-state index contributed by atoms with van der Waals surface area (Å²) in [5, 5.41) is 4.35. The monoisotopic (exact) mass is 339 g/mol. The van der Waals surface area contributed by atoms with Crippen molar-refractivity contribution in [3.63, 3.8) is 0 Å². The Bertz CT molecular complexity index is 631. The van der Waals surface area contributed by atoms with Crippen molar-refractivity contribution < 1.29 is 8.81 Å². The number of hydrogen-bond acceptors (Lipinski definition) is 2. The smallest absolute Gasteiger partial charge is 0.149 e. The third kappa shape index (κ3) is 2.77. The summed E-state index contributed by atoms with van der Waals surface area (Å²) in [5.41, 5.74) is 1.98. The number of furan rings is 1. The average molecular weight is 340 g/mol. The first-order valence-electron chi connectivity index (χ1n) is 7.17. The van der Waals surface area contributed by atoms with Gasteiger partial charge < -0.3 is 9.73 Å². The van der Waals surface area contributed by atoms with Crippen LogP contribution in [0.15, 0.2) is 21.0 Å². The highest BCUT2D eigenvalue weighted by Gasteiger charge is 2.31. The molecule has 1 saturated carbocycles. The van der Waals surface area contributed by atoms with Gasteiger partial charge in [-0.25, -0.2) is 4.39 Å². The first-order chi connectivity index (χ1) is 9.56. The molecule has 3 rings (SSSR count). The molecule has 20 heavy (non-hydrogen) atoms. The molecule has 1 aliphatic carbocycles. The topological polar surface area (TPSA) is 25.2 Å². The molecule has 0 bridgehead atoms. The quantitative estimate of drug-likeness (QED) is 0.832. The lowest BCUT2D eigenvalue weighted by Gasteiger charge is -2.06. The van der Waals surface area contributed by atoms with Gasteiger partial charge in [-0.1, -0.05) is 13.8 Å². The maximum atomic E-state index is 13.6. The standard InChI is InChI=1S/C16H19BrFNO/c1-9(2)7-19-8-14-15(10-3-4-10)12-5-11(18)6-13(17)16(12)20-14/h5-6,9-10,19H,3-4,7-8H2,1-2H3. The third-order valence-corrected chi connectivity index (χ3v) is 4.24. The van der Waals surface area contributed by atoms with Gasteiger partial charge in [0.05, 0.1) is 11.0 Å². The lowest BCUT2D eigenvalue weighted by Crippen LogP contribution is -2.19. The molecule has 0 saturated heterocycles. The van der Waals surface area contributed by atoms with Crippen molar-refractivity contribution in [1.29, 1.82) is 0 Å². The van der Waals surface area contributed by atoms with E-state index in [1.54, 1.807) is 6.07 Å². The molecule has 1 aromatic heterocycles. The molecular formula is C16H19BrFNO. The SMILES string of the molecule is CC(C)CNCc1oc2c(Br)cc(F)cc2c1C1CC1. The zero-order valence-electron chi connectivity index (χ0n) is 11.8. The molecule has 1 aromatic carbocycles. The molecule has 0 atom stereocenters. The molecule has 108 valence electrons. The van der Waals surface area contributed by atoms with Crippen LogP contribution < -0.4 is 5.32 Å². The second-order valence-corrected chi connectivity index (χ2v) is 6.86. The van der Waals surface area contributed by atoms with Gasteiger partial charge >= 0.3 is 0 Å². The summed E-state index contributed by atoms with van der Waals surface area (Å²) in [4.78, 5) is 0. The van der Waals surface area contributed by atoms with Gasteiger partial charge in [0.2, 0.25) is 0 Å². The Kier molecular flexibility index (Phi) is 3.87. The van der Waals surface area contributed by atoms with Gasteiger partial charge in [-0.15, -0.1) is 0 Å². The van der Waals surface area contributed by atoms with E-state index in [4.69, 9.17) is 4.42 Å². The number of rotatable bonds is 5. The van der Waals surface area contributed by atoms with Crippen LogP contribution in [0.1, 0.15) is 43.9 Å². The van der Waals surface area contributed by atoms with E-state index in [9.17, 15) is 4.39 Å². The predicted molar refractivity (Wildman–Crippen MR) is 82.4 cm³/mol. The predicted octanol–water partition coefficient (Wildman–Crippen LogP) is 4.96. The van der Waals surface area contributed by atoms with Crippen molar-refractivity contribution in [3.05, 3.63) is 33.7 Å².